The van der Waals surface area contributed by atoms with Crippen LogP contribution in [0.15, 0.2) is 46.6 Å². The summed E-state index contributed by atoms with van der Waals surface area (Å²) in [7, 11) is 0. The molecule has 212 valence electrons. The zero-order valence-electron chi connectivity index (χ0n) is 22.6. The van der Waals surface area contributed by atoms with Gasteiger partial charge in [-0.1, -0.05) is 86.4 Å². The summed E-state index contributed by atoms with van der Waals surface area (Å²) in [6.07, 6.45) is 12.9. The highest BCUT2D eigenvalue weighted by molar-refractivity contribution is 6.31. The van der Waals surface area contributed by atoms with Crippen LogP contribution in [0, 0.1) is 11.8 Å². The molecule has 3 atom stereocenters. The highest BCUT2D eigenvalue weighted by Crippen LogP contribution is 2.39. The van der Waals surface area contributed by atoms with Gasteiger partial charge in [-0.3, -0.25) is 9.59 Å². The van der Waals surface area contributed by atoms with E-state index in [0.717, 1.165) is 24.3 Å². The Bertz CT molecular complexity index is 1130. The van der Waals surface area contributed by atoms with Gasteiger partial charge < -0.3 is 24.3 Å². The minimum Gasteiger partial charge on any atom is -0.481 e. The molecule has 2 N–H and O–H groups in total. The molecule has 2 aliphatic rings. The fourth-order valence-electron chi connectivity index (χ4n) is 5.70. The number of hydrogen-bond acceptors (Lipinski definition) is 6. The number of amides is 1. The Hall–Kier alpha value is -2.68. The average Bonchev–Trinajstić information content (AvgIpc) is 3.45. The molecule has 2 heterocycles. The van der Waals surface area contributed by atoms with E-state index < -0.39 is 18.0 Å². The number of carboxylic acids is 1. The number of carboxylic acid groups (broad SMARTS) is 1. The van der Waals surface area contributed by atoms with Crippen molar-refractivity contribution in [3.05, 3.63) is 64.3 Å². The summed E-state index contributed by atoms with van der Waals surface area (Å²) < 4.78 is 17.1. The van der Waals surface area contributed by atoms with Crippen molar-refractivity contribution in [2.75, 3.05) is 19.9 Å². The summed E-state index contributed by atoms with van der Waals surface area (Å²) >= 11 is 6.33. The lowest BCUT2D eigenvalue weighted by Crippen LogP contribution is -2.31. The molecule has 1 aromatic carbocycles. The SMILES string of the molecule is CC=C(CC(C(=O)O)c1ccccc1Cl)C1COCOC1c1nc(C(=O)NCCCCC2CCCCC2)co1. The Balaban J connectivity index is 1.36. The maximum atomic E-state index is 12.7. The van der Waals surface area contributed by atoms with Gasteiger partial charge in [-0.15, -0.1) is 0 Å². The largest absolute Gasteiger partial charge is 0.481 e. The van der Waals surface area contributed by atoms with Crippen LogP contribution in [-0.2, 0) is 14.3 Å². The summed E-state index contributed by atoms with van der Waals surface area (Å²) in [6, 6.07) is 6.97. The Morgan fingerprint density at radius 1 is 1.21 bits per heavy atom. The molecule has 0 bridgehead atoms. The van der Waals surface area contributed by atoms with Gasteiger partial charge in [0.05, 0.1) is 12.5 Å². The number of aliphatic carboxylic acids is 1. The van der Waals surface area contributed by atoms with Gasteiger partial charge in [0.25, 0.3) is 5.91 Å². The summed E-state index contributed by atoms with van der Waals surface area (Å²) in [6.45, 7) is 2.82. The van der Waals surface area contributed by atoms with E-state index in [0.29, 0.717) is 23.7 Å². The summed E-state index contributed by atoms with van der Waals surface area (Å²) in [5.41, 5.74) is 1.58. The van der Waals surface area contributed by atoms with Crippen LogP contribution < -0.4 is 5.32 Å². The van der Waals surface area contributed by atoms with Gasteiger partial charge in [-0.2, -0.15) is 0 Å². The van der Waals surface area contributed by atoms with Crippen LogP contribution in [0.4, 0.5) is 0 Å². The van der Waals surface area contributed by atoms with Crippen molar-refractivity contribution in [3.8, 4) is 0 Å². The third-order valence-corrected chi connectivity index (χ3v) is 8.25. The maximum absolute atomic E-state index is 12.7. The molecule has 1 saturated carbocycles. The van der Waals surface area contributed by atoms with Crippen LogP contribution in [0.5, 0.6) is 0 Å². The first-order valence-corrected chi connectivity index (χ1v) is 14.4. The zero-order chi connectivity index (χ0) is 27.6. The molecule has 4 rings (SSSR count). The number of benzene rings is 1. The van der Waals surface area contributed by atoms with Gasteiger partial charge >= 0.3 is 5.97 Å². The molecule has 2 aromatic rings. The van der Waals surface area contributed by atoms with Gasteiger partial charge in [0.1, 0.15) is 19.2 Å². The van der Waals surface area contributed by atoms with Crippen LogP contribution >= 0.6 is 11.6 Å². The normalized spacial score (nSPS) is 21.4. The van der Waals surface area contributed by atoms with Gasteiger partial charge in [-0.05, 0) is 37.3 Å². The molecule has 1 aliphatic carbocycles. The molecule has 3 unspecified atom stereocenters. The lowest BCUT2D eigenvalue weighted by Gasteiger charge is -2.32. The number of carbonyl (C=O) groups is 2. The molecular formula is C30H39ClN2O6. The number of nitrogens with zero attached hydrogens (tertiary/aromatic N) is 1. The molecule has 0 spiro atoms. The van der Waals surface area contributed by atoms with E-state index in [4.69, 9.17) is 25.5 Å². The number of ether oxygens (including phenoxy) is 2. The van der Waals surface area contributed by atoms with Gasteiger partial charge in [0.15, 0.2) is 5.69 Å². The number of halogens is 1. The van der Waals surface area contributed by atoms with Crippen molar-refractivity contribution in [1.29, 1.82) is 0 Å². The molecule has 1 aliphatic heterocycles. The standard InChI is InChI=1S/C30H39ClN2O6/c1-2-21(16-23(30(35)36)22-13-6-7-14-25(22)31)24-17-37-19-39-27(24)29-33-26(18-38-29)28(34)32-15-9-8-12-20-10-4-3-5-11-20/h2,6-7,13-14,18,20,23-24,27H,3-5,8-12,15-17,19H2,1H3,(H,32,34)(H,35,36). The van der Waals surface area contributed by atoms with Crippen molar-refractivity contribution in [2.45, 2.75) is 76.7 Å². The van der Waals surface area contributed by atoms with Crippen molar-refractivity contribution in [1.82, 2.24) is 10.3 Å². The van der Waals surface area contributed by atoms with E-state index in [1.54, 1.807) is 24.3 Å². The first-order valence-electron chi connectivity index (χ1n) is 14.0. The Morgan fingerprint density at radius 2 is 2.00 bits per heavy atom. The van der Waals surface area contributed by atoms with Crippen molar-refractivity contribution < 1.29 is 28.6 Å². The third kappa shape index (κ3) is 7.93. The number of aromatic nitrogens is 1. The highest BCUT2D eigenvalue weighted by atomic mass is 35.5. The van der Waals surface area contributed by atoms with Gasteiger partial charge in [0, 0.05) is 17.5 Å². The number of unbranched alkanes of at least 4 members (excludes halogenated alkanes) is 1. The predicted molar refractivity (Wildman–Crippen MR) is 148 cm³/mol. The molecule has 9 heteroatoms. The van der Waals surface area contributed by atoms with Crippen molar-refractivity contribution in [3.63, 3.8) is 0 Å². The van der Waals surface area contributed by atoms with Crippen LogP contribution in [-0.4, -0.2) is 41.9 Å². The van der Waals surface area contributed by atoms with E-state index >= 15 is 0 Å². The van der Waals surface area contributed by atoms with Crippen LogP contribution in [0.25, 0.3) is 0 Å². The van der Waals surface area contributed by atoms with E-state index in [1.807, 2.05) is 13.0 Å². The molecule has 2 fully saturated rings. The molecule has 1 aromatic heterocycles. The Kier molecular flexibility index (Phi) is 11.0. The first kappa shape index (κ1) is 29.3. The Labute approximate surface area is 235 Å². The number of nitrogens with one attached hydrogen (secondary N) is 1. The summed E-state index contributed by atoms with van der Waals surface area (Å²) in [4.78, 5) is 29.3. The number of rotatable bonds is 12. The quantitative estimate of drug-likeness (QED) is 0.221. The smallest absolute Gasteiger partial charge is 0.311 e. The fourth-order valence-corrected chi connectivity index (χ4v) is 5.97. The van der Waals surface area contributed by atoms with Gasteiger partial charge in [-0.25, -0.2) is 4.98 Å². The lowest BCUT2D eigenvalue weighted by atomic mass is 9.83. The maximum Gasteiger partial charge on any atom is 0.311 e. The Morgan fingerprint density at radius 3 is 2.74 bits per heavy atom. The van der Waals surface area contributed by atoms with E-state index in [2.05, 4.69) is 10.3 Å². The zero-order valence-corrected chi connectivity index (χ0v) is 23.3. The highest BCUT2D eigenvalue weighted by Gasteiger charge is 2.37. The summed E-state index contributed by atoms with van der Waals surface area (Å²) in [5, 5.41) is 13.3. The fraction of sp³-hybridized carbons (Fsp3) is 0.567. The molecule has 0 radical (unpaired) electrons. The molecular weight excluding hydrogens is 520 g/mol. The van der Waals surface area contributed by atoms with E-state index in [1.165, 1.54) is 44.8 Å². The number of hydrogen-bond donors (Lipinski definition) is 2. The average molecular weight is 559 g/mol. The van der Waals surface area contributed by atoms with E-state index in [-0.39, 0.29) is 36.6 Å². The molecule has 39 heavy (non-hydrogen) atoms. The monoisotopic (exact) mass is 558 g/mol. The first-order chi connectivity index (χ1) is 19.0. The second-order valence-corrected chi connectivity index (χ2v) is 10.9. The molecule has 1 amide bonds. The third-order valence-electron chi connectivity index (χ3n) is 7.91. The molecule has 1 saturated heterocycles. The van der Waals surface area contributed by atoms with Gasteiger partial charge in [0.2, 0.25) is 5.89 Å². The van der Waals surface area contributed by atoms with Crippen molar-refractivity contribution in [2.24, 2.45) is 11.8 Å². The second kappa shape index (κ2) is 14.6. The van der Waals surface area contributed by atoms with Crippen LogP contribution in [0.2, 0.25) is 5.02 Å². The van der Waals surface area contributed by atoms with Crippen LogP contribution in [0.1, 0.15) is 98.7 Å². The minimum atomic E-state index is -0.967. The van der Waals surface area contributed by atoms with Crippen LogP contribution in [0.3, 0.4) is 0 Å². The minimum absolute atomic E-state index is 0.0515. The van der Waals surface area contributed by atoms with Crippen molar-refractivity contribution >= 4 is 23.5 Å². The number of oxazole rings is 1. The topological polar surface area (TPSA) is 111 Å². The number of allylic oxidation sites excluding steroid dienone is 1. The second-order valence-electron chi connectivity index (χ2n) is 10.5. The lowest BCUT2D eigenvalue weighted by molar-refractivity contribution is -0.171. The molecule has 8 nitrogen and oxygen atoms in total. The van der Waals surface area contributed by atoms with E-state index in [9.17, 15) is 14.7 Å². The summed E-state index contributed by atoms with van der Waals surface area (Å²) in [5.74, 6) is -1.29. The predicted octanol–water partition coefficient (Wildman–Crippen LogP) is 6.67. The number of carbonyl (C=O) groups excluding carboxylic acids is 1.